The smallest absolute Gasteiger partial charge is 0.339 e. The van der Waals surface area contributed by atoms with Gasteiger partial charge in [0.2, 0.25) is 10.0 Å². The highest BCUT2D eigenvalue weighted by Crippen LogP contribution is 2.27. The molecule has 3 N–H and O–H groups in total. The second kappa shape index (κ2) is 5.51. The average Bonchev–Trinajstić information content (AvgIpc) is 2.40. The second-order valence-electron chi connectivity index (χ2n) is 4.25. The lowest BCUT2D eigenvalue weighted by Crippen LogP contribution is -2.13. The van der Waals surface area contributed by atoms with E-state index in [-0.39, 0.29) is 16.2 Å². The van der Waals surface area contributed by atoms with Gasteiger partial charge >= 0.3 is 5.97 Å². The average molecular weight is 308 g/mol. The molecule has 2 rings (SSSR count). The number of carbonyl (C=O) groups is 1. The number of carboxylic acids is 1. The molecule has 0 aliphatic heterocycles. The van der Waals surface area contributed by atoms with E-state index < -0.39 is 16.0 Å². The maximum Gasteiger partial charge on any atom is 0.339 e. The Bertz CT molecular complexity index is 785. The Balaban J connectivity index is 2.44. The summed E-state index contributed by atoms with van der Waals surface area (Å²) in [5.41, 5.74) is 0.479. The van der Waals surface area contributed by atoms with Crippen molar-refractivity contribution in [2.75, 3.05) is 0 Å². The minimum absolute atomic E-state index is 0.000512. The van der Waals surface area contributed by atoms with Crippen molar-refractivity contribution in [3.8, 4) is 11.5 Å². The normalized spacial score (nSPS) is 11.1. The van der Waals surface area contributed by atoms with Gasteiger partial charge in [-0.25, -0.2) is 18.4 Å². The molecule has 1 aromatic carbocycles. The standard InChI is InChI=1S/C13H12N2O5S/c1-8-2-3-9(7-15-8)20-12-5-4-10(21(14,18)19)6-11(12)13(16)17/h2-7H,1H3,(H,16,17)(H2,14,18,19). The number of rotatable bonds is 4. The molecule has 0 radical (unpaired) electrons. The number of benzene rings is 1. The number of aryl methyl sites for hydroxylation is 1. The summed E-state index contributed by atoms with van der Waals surface area (Å²) in [4.78, 5) is 14.9. The van der Waals surface area contributed by atoms with Crippen molar-refractivity contribution in [3.63, 3.8) is 0 Å². The second-order valence-corrected chi connectivity index (χ2v) is 5.81. The van der Waals surface area contributed by atoms with Gasteiger partial charge in [0.1, 0.15) is 17.1 Å². The molecule has 0 aliphatic rings. The van der Waals surface area contributed by atoms with Crippen molar-refractivity contribution in [3.05, 3.63) is 47.8 Å². The number of pyridine rings is 1. The van der Waals surface area contributed by atoms with E-state index >= 15 is 0 Å². The van der Waals surface area contributed by atoms with Crippen molar-refractivity contribution >= 4 is 16.0 Å². The van der Waals surface area contributed by atoms with Gasteiger partial charge in [0, 0.05) is 5.69 Å². The molecule has 110 valence electrons. The molecule has 0 amide bonds. The molecule has 7 nitrogen and oxygen atoms in total. The number of sulfonamides is 1. The minimum Gasteiger partial charge on any atom is -0.478 e. The van der Waals surface area contributed by atoms with Gasteiger partial charge in [-0.2, -0.15) is 0 Å². The number of nitrogens with zero attached hydrogens (tertiary/aromatic N) is 1. The topological polar surface area (TPSA) is 120 Å². The summed E-state index contributed by atoms with van der Waals surface area (Å²) in [5.74, 6) is -0.984. The summed E-state index contributed by atoms with van der Waals surface area (Å²) in [7, 11) is -3.99. The molecule has 21 heavy (non-hydrogen) atoms. The number of aromatic carboxylic acids is 1. The monoisotopic (exact) mass is 308 g/mol. The van der Waals surface area contributed by atoms with Gasteiger partial charge < -0.3 is 9.84 Å². The van der Waals surface area contributed by atoms with Gasteiger partial charge in [-0.3, -0.25) is 4.98 Å². The van der Waals surface area contributed by atoms with Crippen molar-refractivity contribution in [1.29, 1.82) is 0 Å². The number of aromatic nitrogens is 1. The fourth-order valence-corrected chi connectivity index (χ4v) is 2.12. The first-order valence-electron chi connectivity index (χ1n) is 5.78. The fraction of sp³-hybridized carbons (Fsp3) is 0.0769. The summed E-state index contributed by atoms with van der Waals surface area (Å²) in [6.45, 7) is 1.80. The van der Waals surface area contributed by atoms with E-state index in [1.165, 1.54) is 18.3 Å². The van der Waals surface area contributed by atoms with E-state index in [9.17, 15) is 13.2 Å². The van der Waals surface area contributed by atoms with Crippen LogP contribution in [0.5, 0.6) is 11.5 Å². The molecular formula is C13H12N2O5S. The zero-order valence-corrected chi connectivity index (χ0v) is 11.8. The van der Waals surface area contributed by atoms with Gasteiger partial charge in [0.25, 0.3) is 0 Å². The molecular weight excluding hydrogens is 296 g/mol. The maximum absolute atomic E-state index is 11.2. The van der Waals surface area contributed by atoms with Crippen LogP contribution in [-0.2, 0) is 10.0 Å². The Kier molecular flexibility index (Phi) is 3.92. The zero-order chi connectivity index (χ0) is 15.6. The van der Waals surface area contributed by atoms with Crippen LogP contribution >= 0.6 is 0 Å². The van der Waals surface area contributed by atoms with Crippen LogP contribution in [0.4, 0.5) is 0 Å². The lowest BCUT2D eigenvalue weighted by molar-refractivity contribution is 0.0694. The summed E-state index contributed by atoms with van der Waals surface area (Å²) in [6, 6.07) is 6.70. The number of ether oxygens (including phenoxy) is 1. The number of hydrogen-bond donors (Lipinski definition) is 2. The Morgan fingerprint density at radius 2 is 2.00 bits per heavy atom. The molecule has 1 aromatic heterocycles. The first-order chi connectivity index (χ1) is 9.77. The molecule has 0 spiro atoms. The highest BCUT2D eigenvalue weighted by molar-refractivity contribution is 7.89. The fourth-order valence-electron chi connectivity index (χ4n) is 1.58. The highest BCUT2D eigenvalue weighted by Gasteiger charge is 2.17. The summed E-state index contributed by atoms with van der Waals surface area (Å²) in [6.07, 6.45) is 1.44. The van der Waals surface area contributed by atoms with Gasteiger partial charge in [-0.1, -0.05) is 0 Å². The van der Waals surface area contributed by atoms with E-state index in [1.807, 2.05) is 0 Å². The largest absolute Gasteiger partial charge is 0.478 e. The predicted octanol–water partition coefficient (Wildman–Crippen LogP) is 1.53. The van der Waals surface area contributed by atoms with Gasteiger partial charge in [0.15, 0.2) is 0 Å². The molecule has 0 fully saturated rings. The zero-order valence-electron chi connectivity index (χ0n) is 11.0. The van der Waals surface area contributed by atoms with E-state index in [4.69, 9.17) is 15.0 Å². The first kappa shape index (κ1) is 14.9. The Labute approximate surface area is 121 Å². The number of carboxylic acid groups (broad SMARTS) is 1. The van der Waals surface area contributed by atoms with Crippen molar-refractivity contribution in [2.45, 2.75) is 11.8 Å². The summed E-state index contributed by atoms with van der Waals surface area (Å²) < 4.78 is 27.9. The highest BCUT2D eigenvalue weighted by atomic mass is 32.2. The molecule has 2 aromatic rings. The lowest BCUT2D eigenvalue weighted by Gasteiger charge is -2.09. The molecule has 0 aliphatic carbocycles. The Morgan fingerprint density at radius 1 is 1.29 bits per heavy atom. The van der Waals surface area contributed by atoms with Crippen LogP contribution in [-0.4, -0.2) is 24.5 Å². The number of primary sulfonamides is 1. The molecule has 0 saturated carbocycles. The van der Waals surface area contributed by atoms with E-state index in [1.54, 1.807) is 19.1 Å². The van der Waals surface area contributed by atoms with Crippen LogP contribution in [0, 0.1) is 6.92 Å². The maximum atomic E-state index is 11.2. The molecule has 0 bridgehead atoms. The Hall–Kier alpha value is -2.45. The quantitative estimate of drug-likeness (QED) is 0.883. The third kappa shape index (κ3) is 3.56. The van der Waals surface area contributed by atoms with E-state index in [2.05, 4.69) is 4.98 Å². The van der Waals surface area contributed by atoms with Crippen molar-refractivity contribution in [1.82, 2.24) is 4.98 Å². The van der Waals surface area contributed by atoms with Crippen LogP contribution in [0.25, 0.3) is 0 Å². The van der Waals surface area contributed by atoms with Gasteiger partial charge in [-0.05, 0) is 37.3 Å². The molecule has 0 unspecified atom stereocenters. The third-order valence-electron chi connectivity index (χ3n) is 2.62. The van der Waals surface area contributed by atoms with Gasteiger partial charge in [-0.15, -0.1) is 0 Å². The molecule has 8 heteroatoms. The minimum atomic E-state index is -3.99. The molecule has 0 saturated heterocycles. The van der Waals surface area contributed by atoms with E-state index in [0.29, 0.717) is 5.75 Å². The number of hydrogen-bond acceptors (Lipinski definition) is 5. The van der Waals surface area contributed by atoms with Gasteiger partial charge in [0.05, 0.1) is 11.1 Å². The van der Waals surface area contributed by atoms with Crippen molar-refractivity contribution in [2.24, 2.45) is 5.14 Å². The van der Waals surface area contributed by atoms with Crippen LogP contribution in [0.15, 0.2) is 41.4 Å². The Morgan fingerprint density at radius 3 is 2.52 bits per heavy atom. The van der Waals surface area contributed by atoms with Crippen LogP contribution in [0.2, 0.25) is 0 Å². The number of nitrogens with two attached hydrogens (primary N) is 1. The summed E-state index contributed by atoms with van der Waals surface area (Å²) in [5, 5.41) is 14.1. The summed E-state index contributed by atoms with van der Waals surface area (Å²) >= 11 is 0. The third-order valence-corrected chi connectivity index (χ3v) is 3.53. The van der Waals surface area contributed by atoms with Crippen LogP contribution in [0.3, 0.4) is 0 Å². The van der Waals surface area contributed by atoms with Crippen LogP contribution < -0.4 is 9.88 Å². The SMILES string of the molecule is Cc1ccc(Oc2ccc(S(N)(=O)=O)cc2C(=O)O)cn1. The molecule has 0 atom stereocenters. The lowest BCUT2D eigenvalue weighted by atomic mass is 10.2. The van der Waals surface area contributed by atoms with E-state index in [0.717, 1.165) is 11.8 Å². The van der Waals surface area contributed by atoms with Crippen LogP contribution in [0.1, 0.15) is 16.1 Å². The predicted molar refractivity (Wildman–Crippen MR) is 73.8 cm³/mol. The first-order valence-corrected chi connectivity index (χ1v) is 7.32. The van der Waals surface area contributed by atoms with Crippen molar-refractivity contribution < 1.29 is 23.1 Å². The molecule has 1 heterocycles.